The minimum Gasteiger partial charge on any atom is -0.462 e. The standard InChI is InChI=1S/C51H92O15/c1-3-5-7-9-11-13-15-17-18-19-20-22-23-25-27-29-31-33-42(53)61-36-39(64-43(54)34-32-30-28-26-24-21-16-14-12-10-8-6-4-2)37-62-50-49(60)47(58)45(56)41(66-50)38-63-51-48(59)46(57)44(55)40(35-52)65-51/h14,16-18,39-41,44-52,55-60H,3-13,15,19-38H2,1-2H3/b16-14+,18-17+/t39-,40+,41+,44-,45-,46?,47?,48?,49?,50+,51+/m0/s1. The maximum Gasteiger partial charge on any atom is 0.306 e. The molecule has 0 aromatic heterocycles. The zero-order valence-corrected chi connectivity index (χ0v) is 40.7. The maximum absolute atomic E-state index is 13.0. The van der Waals surface area contributed by atoms with E-state index in [9.17, 15) is 45.3 Å². The van der Waals surface area contributed by atoms with E-state index < -0.39 is 92.7 Å². The smallest absolute Gasteiger partial charge is 0.306 e. The van der Waals surface area contributed by atoms with Crippen molar-refractivity contribution >= 4 is 11.9 Å². The third-order valence-electron chi connectivity index (χ3n) is 12.4. The highest BCUT2D eigenvalue weighted by Crippen LogP contribution is 2.26. The van der Waals surface area contributed by atoms with Gasteiger partial charge in [-0.15, -0.1) is 0 Å². The molecular weight excluding hydrogens is 853 g/mol. The van der Waals surface area contributed by atoms with Crippen molar-refractivity contribution in [1.29, 1.82) is 0 Å². The molecule has 0 spiro atoms. The van der Waals surface area contributed by atoms with Crippen molar-refractivity contribution in [1.82, 2.24) is 0 Å². The van der Waals surface area contributed by atoms with Crippen LogP contribution in [0.1, 0.15) is 194 Å². The molecule has 0 aliphatic carbocycles. The highest BCUT2D eigenvalue weighted by molar-refractivity contribution is 5.70. The number of carbonyl (C=O) groups is 2. The molecule has 2 aliphatic rings. The quantitative estimate of drug-likeness (QED) is 0.0184. The van der Waals surface area contributed by atoms with Gasteiger partial charge in [0.2, 0.25) is 0 Å². The van der Waals surface area contributed by atoms with Crippen LogP contribution in [0.25, 0.3) is 0 Å². The summed E-state index contributed by atoms with van der Waals surface area (Å²) in [6, 6.07) is 0. The van der Waals surface area contributed by atoms with Crippen LogP contribution in [0.5, 0.6) is 0 Å². The number of hydrogen-bond acceptors (Lipinski definition) is 15. The molecule has 0 aromatic rings. The van der Waals surface area contributed by atoms with E-state index in [1.807, 2.05) is 0 Å². The number of carbonyl (C=O) groups excluding carboxylic acids is 2. The van der Waals surface area contributed by atoms with Crippen molar-refractivity contribution in [3.8, 4) is 0 Å². The van der Waals surface area contributed by atoms with E-state index in [1.54, 1.807) is 0 Å². The molecule has 2 rings (SSSR count). The van der Waals surface area contributed by atoms with Crippen LogP contribution >= 0.6 is 0 Å². The number of ether oxygens (including phenoxy) is 6. The SMILES string of the molecule is CCCCCC/C=C/CCCCCCCC(=O)O[C@@H](COC(=O)CCCCCCCCC/C=C/CCCCCCCC)CO[C@@H]1O[C@H](CO[C@@H]2O[C@H](CO)[C@H](O)C(O)C2O)[C@H](O)C(O)C1O. The Morgan fingerprint density at radius 1 is 0.470 bits per heavy atom. The van der Waals surface area contributed by atoms with E-state index in [2.05, 4.69) is 38.2 Å². The summed E-state index contributed by atoms with van der Waals surface area (Å²) in [6.07, 6.45) is 22.0. The highest BCUT2D eigenvalue weighted by Gasteiger charge is 2.47. The van der Waals surface area contributed by atoms with Gasteiger partial charge in [0, 0.05) is 12.8 Å². The molecule has 0 radical (unpaired) electrons. The molecule has 0 aromatic carbocycles. The van der Waals surface area contributed by atoms with Crippen molar-refractivity contribution in [3.63, 3.8) is 0 Å². The fraction of sp³-hybridized carbons (Fsp3) is 0.882. The average Bonchev–Trinajstić information content (AvgIpc) is 3.31. The molecule has 386 valence electrons. The third kappa shape index (κ3) is 26.7. The number of unbranched alkanes of at least 4 members (excludes halogenated alkanes) is 22. The lowest BCUT2D eigenvalue weighted by Gasteiger charge is -2.42. The summed E-state index contributed by atoms with van der Waals surface area (Å²) in [5, 5.41) is 72.0. The molecule has 0 saturated carbocycles. The molecule has 4 unspecified atom stereocenters. The van der Waals surface area contributed by atoms with Crippen molar-refractivity contribution in [2.24, 2.45) is 0 Å². The molecule has 2 heterocycles. The first-order valence-corrected chi connectivity index (χ1v) is 25.9. The Labute approximate surface area is 396 Å². The van der Waals surface area contributed by atoms with Gasteiger partial charge in [0.15, 0.2) is 18.7 Å². The lowest BCUT2D eigenvalue weighted by Crippen LogP contribution is -2.61. The van der Waals surface area contributed by atoms with E-state index in [4.69, 9.17) is 28.4 Å². The van der Waals surface area contributed by atoms with Crippen molar-refractivity contribution < 1.29 is 73.8 Å². The van der Waals surface area contributed by atoms with E-state index >= 15 is 0 Å². The van der Waals surface area contributed by atoms with Gasteiger partial charge in [-0.1, -0.05) is 141 Å². The van der Waals surface area contributed by atoms with Gasteiger partial charge in [0.25, 0.3) is 0 Å². The second-order valence-corrected chi connectivity index (χ2v) is 18.3. The number of esters is 2. The van der Waals surface area contributed by atoms with Crippen LogP contribution in [0, 0.1) is 0 Å². The van der Waals surface area contributed by atoms with Gasteiger partial charge in [0.1, 0.15) is 55.4 Å². The minimum absolute atomic E-state index is 0.156. The van der Waals surface area contributed by atoms with E-state index in [-0.39, 0.29) is 26.1 Å². The predicted octanol–water partition coefficient (Wildman–Crippen LogP) is 7.16. The Balaban J connectivity index is 1.80. The summed E-state index contributed by atoms with van der Waals surface area (Å²) in [5.74, 6) is -0.936. The molecule has 15 heteroatoms. The number of rotatable bonds is 40. The average molecular weight is 945 g/mol. The maximum atomic E-state index is 13.0. The number of allylic oxidation sites excluding steroid dienone is 4. The summed E-state index contributed by atoms with van der Waals surface area (Å²) < 4.78 is 33.6. The number of hydrogen-bond donors (Lipinski definition) is 7. The molecule has 66 heavy (non-hydrogen) atoms. The predicted molar refractivity (Wildman–Crippen MR) is 252 cm³/mol. The Morgan fingerprint density at radius 3 is 1.35 bits per heavy atom. The van der Waals surface area contributed by atoms with Crippen LogP contribution in [-0.4, -0.2) is 142 Å². The van der Waals surface area contributed by atoms with Gasteiger partial charge in [-0.3, -0.25) is 9.59 Å². The van der Waals surface area contributed by atoms with Crippen LogP contribution in [0.15, 0.2) is 24.3 Å². The Hall–Kier alpha value is -2.02. The van der Waals surface area contributed by atoms with Gasteiger partial charge in [-0.2, -0.15) is 0 Å². The van der Waals surface area contributed by atoms with E-state index in [1.165, 1.54) is 89.9 Å². The lowest BCUT2D eigenvalue weighted by molar-refractivity contribution is -0.332. The van der Waals surface area contributed by atoms with Gasteiger partial charge < -0.3 is 64.2 Å². The molecule has 11 atom stereocenters. The zero-order chi connectivity index (χ0) is 48.2. The van der Waals surface area contributed by atoms with Gasteiger partial charge in [-0.05, 0) is 64.2 Å². The van der Waals surface area contributed by atoms with E-state index in [0.717, 1.165) is 64.2 Å². The molecule has 2 aliphatic heterocycles. The molecule has 2 saturated heterocycles. The van der Waals surface area contributed by atoms with Crippen LogP contribution in [0.2, 0.25) is 0 Å². The first-order valence-electron chi connectivity index (χ1n) is 25.9. The molecule has 0 bridgehead atoms. The lowest BCUT2D eigenvalue weighted by atomic mass is 9.98. The summed E-state index contributed by atoms with van der Waals surface area (Å²) in [5.41, 5.74) is 0. The second kappa shape index (κ2) is 38.8. The normalized spacial score (nSPS) is 26.3. The zero-order valence-electron chi connectivity index (χ0n) is 40.7. The van der Waals surface area contributed by atoms with Gasteiger partial charge >= 0.3 is 11.9 Å². The Kier molecular flexibility index (Phi) is 35.3. The van der Waals surface area contributed by atoms with Crippen LogP contribution < -0.4 is 0 Å². The van der Waals surface area contributed by atoms with Gasteiger partial charge in [-0.25, -0.2) is 0 Å². The number of aliphatic hydroxyl groups is 7. The third-order valence-corrected chi connectivity index (χ3v) is 12.4. The Bertz CT molecular complexity index is 1250. The molecule has 7 N–H and O–H groups in total. The topological polar surface area (TPSA) is 231 Å². The monoisotopic (exact) mass is 945 g/mol. The Morgan fingerprint density at radius 2 is 0.864 bits per heavy atom. The second-order valence-electron chi connectivity index (χ2n) is 18.3. The molecular formula is C51H92O15. The molecule has 2 fully saturated rings. The molecule has 0 amide bonds. The van der Waals surface area contributed by atoms with Crippen LogP contribution in [0.3, 0.4) is 0 Å². The van der Waals surface area contributed by atoms with Crippen LogP contribution in [-0.2, 0) is 38.0 Å². The summed E-state index contributed by atoms with van der Waals surface area (Å²) >= 11 is 0. The van der Waals surface area contributed by atoms with Crippen LogP contribution in [0.4, 0.5) is 0 Å². The summed E-state index contributed by atoms with van der Waals surface area (Å²) in [7, 11) is 0. The molecule has 15 nitrogen and oxygen atoms in total. The fourth-order valence-corrected chi connectivity index (χ4v) is 8.09. The fourth-order valence-electron chi connectivity index (χ4n) is 8.09. The first kappa shape index (κ1) is 60.1. The summed E-state index contributed by atoms with van der Waals surface area (Å²) in [6.45, 7) is 2.56. The van der Waals surface area contributed by atoms with Crippen molar-refractivity contribution in [2.45, 2.75) is 261 Å². The first-order chi connectivity index (χ1) is 32.0. The minimum atomic E-state index is -1.76. The van der Waals surface area contributed by atoms with Gasteiger partial charge in [0.05, 0.1) is 19.8 Å². The number of aliphatic hydroxyl groups excluding tert-OH is 7. The van der Waals surface area contributed by atoms with Crippen molar-refractivity contribution in [2.75, 3.05) is 26.4 Å². The van der Waals surface area contributed by atoms with Crippen molar-refractivity contribution in [3.05, 3.63) is 24.3 Å². The summed E-state index contributed by atoms with van der Waals surface area (Å²) in [4.78, 5) is 25.7. The van der Waals surface area contributed by atoms with E-state index in [0.29, 0.717) is 12.8 Å². The largest absolute Gasteiger partial charge is 0.462 e. The highest BCUT2D eigenvalue weighted by atomic mass is 16.7.